The summed E-state index contributed by atoms with van der Waals surface area (Å²) in [5.41, 5.74) is 0.131. The van der Waals surface area contributed by atoms with Crippen LogP contribution in [0.4, 0.5) is 0 Å². The molecule has 0 radical (unpaired) electrons. The third kappa shape index (κ3) is 4.84. The molecule has 0 bridgehead atoms. The maximum Gasteiger partial charge on any atom is 0.336 e. The van der Waals surface area contributed by atoms with Gasteiger partial charge in [0.15, 0.2) is 6.61 Å². The molecule has 0 aliphatic carbocycles. The number of hydrogen-bond donors (Lipinski definition) is 1. The third-order valence-electron chi connectivity index (χ3n) is 4.73. The first-order valence-corrected chi connectivity index (χ1v) is 9.16. The molecule has 8 nitrogen and oxygen atoms in total. The molecule has 2 aromatic carbocycles. The van der Waals surface area contributed by atoms with Crippen molar-refractivity contribution < 1.29 is 29.0 Å². The summed E-state index contributed by atoms with van der Waals surface area (Å²) in [5.74, 6) is -0.381. The second kappa shape index (κ2) is 9.09. The lowest BCUT2D eigenvalue weighted by Crippen LogP contribution is -2.51. The molecule has 1 aliphatic rings. The fourth-order valence-electron chi connectivity index (χ4n) is 3.09. The van der Waals surface area contributed by atoms with E-state index in [1.165, 1.54) is 12.1 Å². The predicted molar refractivity (Wildman–Crippen MR) is 104 cm³/mol. The van der Waals surface area contributed by atoms with Crippen molar-refractivity contribution >= 4 is 17.8 Å². The Hall–Kier alpha value is -3.55. The second-order valence-electron chi connectivity index (χ2n) is 6.49. The van der Waals surface area contributed by atoms with Crippen LogP contribution in [0.15, 0.2) is 48.5 Å². The van der Waals surface area contributed by atoms with E-state index >= 15 is 0 Å². The van der Waals surface area contributed by atoms with Crippen LogP contribution in [0.2, 0.25) is 0 Å². The first-order valence-electron chi connectivity index (χ1n) is 9.16. The highest BCUT2D eigenvalue weighted by Gasteiger charge is 2.27. The van der Waals surface area contributed by atoms with Crippen molar-refractivity contribution in [3.05, 3.63) is 59.7 Å². The summed E-state index contributed by atoms with van der Waals surface area (Å²) in [7, 11) is 1.57. The predicted octanol–water partition coefficient (Wildman–Crippen LogP) is 1.76. The summed E-state index contributed by atoms with van der Waals surface area (Å²) in [6.45, 7) is 1.31. The lowest BCUT2D eigenvalue weighted by molar-refractivity contribution is -0.134. The summed E-state index contributed by atoms with van der Waals surface area (Å²) in [5, 5.41) is 9.27. The third-order valence-corrected chi connectivity index (χ3v) is 4.73. The molecule has 8 heteroatoms. The number of aromatic carboxylic acids is 1. The van der Waals surface area contributed by atoms with Gasteiger partial charge in [0.25, 0.3) is 11.8 Å². The van der Waals surface area contributed by atoms with Crippen molar-refractivity contribution in [2.24, 2.45) is 0 Å². The molecule has 0 saturated carbocycles. The molecule has 0 unspecified atom stereocenters. The van der Waals surface area contributed by atoms with Crippen LogP contribution in [0.1, 0.15) is 20.7 Å². The normalized spacial score (nSPS) is 13.7. The van der Waals surface area contributed by atoms with E-state index in [9.17, 15) is 19.5 Å². The molecule has 152 valence electrons. The monoisotopic (exact) mass is 398 g/mol. The summed E-state index contributed by atoms with van der Waals surface area (Å²) >= 11 is 0. The van der Waals surface area contributed by atoms with Crippen LogP contribution in [0.3, 0.4) is 0 Å². The molecule has 1 fully saturated rings. The Kier molecular flexibility index (Phi) is 6.33. The maximum absolute atomic E-state index is 12.7. The van der Waals surface area contributed by atoms with E-state index in [4.69, 9.17) is 9.47 Å². The summed E-state index contributed by atoms with van der Waals surface area (Å²) in [6, 6.07) is 13.1. The van der Waals surface area contributed by atoms with E-state index in [2.05, 4.69) is 0 Å². The molecule has 0 aromatic heterocycles. The number of ether oxygens (including phenoxy) is 2. The lowest BCUT2D eigenvalue weighted by Gasteiger charge is -2.35. The van der Waals surface area contributed by atoms with Gasteiger partial charge in [0.2, 0.25) is 0 Å². The molecule has 2 aromatic rings. The summed E-state index contributed by atoms with van der Waals surface area (Å²) in [4.78, 5) is 39.6. The van der Waals surface area contributed by atoms with E-state index in [1.807, 2.05) is 0 Å². The molecule has 0 spiro atoms. The van der Waals surface area contributed by atoms with Crippen LogP contribution >= 0.6 is 0 Å². The van der Waals surface area contributed by atoms with Crippen LogP contribution in [-0.4, -0.2) is 72.6 Å². The van der Waals surface area contributed by atoms with Gasteiger partial charge in [-0.1, -0.05) is 12.1 Å². The number of amides is 2. The Labute approximate surface area is 168 Å². The van der Waals surface area contributed by atoms with Gasteiger partial charge < -0.3 is 24.4 Å². The highest BCUT2D eigenvalue weighted by molar-refractivity contribution is 6.04. The molecule has 1 N–H and O–H groups in total. The quantitative estimate of drug-likeness (QED) is 0.797. The zero-order valence-corrected chi connectivity index (χ0v) is 16.0. The summed E-state index contributed by atoms with van der Waals surface area (Å²) < 4.78 is 10.6. The SMILES string of the molecule is COc1ccc(OCC(=O)N2CCN(C(=O)c3ccccc3C(=O)O)CC2)cc1. The smallest absolute Gasteiger partial charge is 0.336 e. The average molecular weight is 398 g/mol. The van der Waals surface area contributed by atoms with Gasteiger partial charge in [-0.3, -0.25) is 9.59 Å². The number of nitrogens with zero attached hydrogens (tertiary/aromatic N) is 2. The zero-order valence-electron chi connectivity index (χ0n) is 16.0. The van der Waals surface area contributed by atoms with Crippen molar-refractivity contribution in [1.29, 1.82) is 0 Å². The van der Waals surface area contributed by atoms with Crippen molar-refractivity contribution in [3.63, 3.8) is 0 Å². The molecule has 1 aliphatic heterocycles. The highest BCUT2D eigenvalue weighted by atomic mass is 16.5. The molecule has 0 atom stereocenters. The first kappa shape index (κ1) is 20.2. The van der Waals surface area contributed by atoms with Crippen molar-refractivity contribution in [2.75, 3.05) is 39.9 Å². The molecule has 1 saturated heterocycles. The molecular formula is C21H22N2O6. The Morgan fingerprint density at radius 1 is 0.862 bits per heavy atom. The Morgan fingerprint density at radius 3 is 2.00 bits per heavy atom. The van der Waals surface area contributed by atoms with E-state index in [0.717, 1.165) is 0 Å². The van der Waals surface area contributed by atoms with Crippen LogP contribution in [0.25, 0.3) is 0 Å². The van der Waals surface area contributed by atoms with Crippen LogP contribution in [0.5, 0.6) is 11.5 Å². The standard InChI is InChI=1S/C21H22N2O6/c1-28-15-6-8-16(9-7-15)29-14-19(24)22-10-12-23(13-11-22)20(25)17-4-2-3-5-18(17)21(26)27/h2-9H,10-14H2,1H3,(H,26,27). The van der Waals surface area contributed by atoms with E-state index in [-0.39, 0.29) is 29.5 Å². The second-order valence-corrected chi connectivity index (χ2v) is 6.49. The molecule has 2 amide bonds. The van der Waals surface area contributed by atoms with Crippen molar-refractivity contribution in [2.45, 2.75) is 0 Å². The molecule has 1 heterocycles. The maximum atomic E-state index is 12.7. The minimum atomic E-state index is -1.14. The molecule has 3 rings (SSSR count). The molecular weight excluding hydrogens is 376 g/mol. The minimum Gasteiger partial charge on any atom is -0.497 e. The average Bonchev–Trinajstić information content (AvgIpc) is 2.77. The zero-order chi connectivity index (χ0) is 20.8. The number of hydrogen-bond acceptors (Lipinski definition) is 5. The number of carbonyl (C=O) groups is 3. The Morgan fingerprint density at radius 2 is 1.41 bits per heavy atom. The van der Waals surface area contributed by atoms with E-state index in [0.29, 0.717) is 37.7 Å². The van der Waals surface area contributed by atoms with Crippen LogP contribution in [0, 0.1) is 0 Å². The topological polar surface area (TPSA) is 96.4 Å². The summed E-state index contributed by atoms with van der Waals surface area (Å²) in [6.07, 6.45) is 0. The highest BCUT2D eigenvalue weighted by Crippen LogP contribution is 2.17. The Balaban J connectivity index is 1.52. The fraction of sp³-hybridized carbons (Fsp3) is 0.286. The number of rotatable bonds is 6. The largest absolute Gasteiger partial charge is 0.497 e. The van der Waals surface area contributed by atoms with Crippen LogP contribution in [-0.2, 0) is 4.79 Å². The van der Waals surface area contributed by atoms with Gasteiger partial charge in [0.1, 0.15) is 11.5 Å². The van der Waals surface area contributed by atoms with Gasteiger partial charge >= 0.3 is 5.97 Å². The van der Waals surface area contributed by atoms with Gasteiger partial charge in [-0.15, -0.1) is 0 Å². The number of carboxylic acid groups (broad SMARTS) is 1. The van der Waals surface area contributed by atoms with Gasteiger partial charge in [-0.2, -0.15) is 0 Å². The van der Waals surface area contributed by atoms with Gasteiger partial charge in [-0.25, -0.2) is 4.79 Å². The number of methoxy groups -OCH3 is 1. The number of piperazine rings is 1. The van der Waals surface area contributed by atoms with Crippen LogP contribution < -0.4 is 9.47 Å². The van der Waals surface area contributed by atoms with E-state index in [1.54, 1.807) is 53.3 Å². The van der Waals surface area contributed by atoms with Crippen molar-refractivity contribution in [1.82, 2.24) is 9.80 Å². The fourth-order valence-corrected chi connectivity index (χ4v) is 3.09. The lowest BCUT2D eigenvalue weighted by atomic mass is 10.1. The first-order chi connectivity index (χ1) is 14.0. The number of benzene rings is 2. The van der Waals surface area contributed by atoms with E-state index < -0.39 is 5.97 Å². The van der Waals surface area contributed by atoms with Gasteiger partial charge in [0, 0.05) is 26.2 Å². The molecule has 29 heavy (non-hydrogen) atoms. The minimum absolute atomic E-state index is 0.0242. The van der Waals surface area contributed by atoms with Gasteiger partial charge in [0.05, 0.1) is 18.2 Å². The number of carbonyl (C=O) groups excluding carboxylic acids is 2. The van der Waals surface area contributed by atoms with Gasteiger partial charge in [-0.05, 0) is 36.4 Å². The number of carboxylic acids is 1. The Bertz CT molecular complexity index is 888. The van der Waals surface area contributed by atoms with Crippen molar-refractivity contribution in [3.8, 4) is 11.5 Å².